The fourth-order valence-electron chi connectivity index (χ4n) is 1.41. The van der Waals surface area contributed by atoms with Crippen molar-refractivity contribution in [3.63, 3.8) is 0 Å². The van der Waals surface area contributed by atoms with Gasteiger partial charge in [0.2, 0.25) is 6.10 Å². The maximum Gasteiger partial charge on any atom is 0.426 e. The first-order chi connectivity index (χ1) is 11.3. The molecule has 12 heteroatoms. The second-order valence-electron chi connectivity index (χ2n) is 4.50. The molecule has 138 valence electrons. The van der Waals surface area contributed by atoms with E-state index in [2.05, 4.69) is 27.2 Å². The molecule has 0 radical (unpaired) electrons. The van der Waals surface area contributed by atoms with Gasteiger partial charge in [-0.25, -0.2) is 9.59 Å². The zero-order valence-electron chi connectivity index (χ0n) is 12.1. The molecule has 7 nitrogen and oxygen atoms in total. The Morgan fingerprint density at radius 2 is 1.76 bits per heavy atom. The Morgan fingerprint density at radius 1 is 1.24 bits per heavy atom. The molecular weight excluding hydrogens is 437 g/mol. The number of ether oxygens (including phenoxy) is 2. The van der Waals surface area contributed by atoms with Gasteiger partial charge in [0, 0.05) is 0 Å². The lowest BCUT2D eigenvalue weighted by atomic mass is 10.2. The Morgan fingerprint density at radius 3 is 2.16 bits per heavy atom. The van der Waals surface area contributed by atoms with E-state index < -0.39 is 40.1 Å². The quantitative estimate of drug-likeness (QED) is 0.309. The molecule has 25 heavy (non-hydrogen) atoms. The van der Waals surface area contributed by atoms with E-state index in [-0.39, 0.29) is 15.8 Å². The number of halogens is 4. The second kappa shape index (κ2) is 7.97. The summed E-state index contributed by atoms with van der Waals surface area (Å²) in [5.41, 5.74) is -0.359. The van der Waals surface area contributed by atoms with Gasteiger partial charge in [0.1, 0.15) is 11.5 Å². The zero-order chi connectivity index (χ0) is 19.4. The molecular formula is C13H10BrF3O7S. The van der Waals surface area contributed by atoms with Crippen molar-refractivity contribution in [3.8, 4) is 5.75 Å². The van der Waals surface area contributed by atoms with E-state index in [4.69, 9.17) is 9.29 Å². The van der Waals surface area contributed by atoms with Gasteiger partial charge in [-0.1, -0.05) is 6.58 Å². The normalized spacial score (nSPS) is 13.0. The Labute approximate surface area is 148 Å². The lowest BCUT2D eigenvalue weighted by molar-refractivity contribution is -0.197. The van der Waals surface area contributed by atoms with Crippen LogP contribution in [0.1, 0.15) is 10.4 Å². The average molecular weight is 447 g/mol. The molecule has 1 atom stereocenters. The van der Waals surface area contributed by atoms with E-state index in [9.17, 15) is 31.2 Å². The van der Waals surface area contributed by atoms with Crippen molar-refractivity contribution in [2.24, 2.45) is 0 Å². The van der Waals surface area contributed by atoms with Crippen LogP contribution >= 0.6 is 15.9 Å². The molecule has 0 aliphatic heterocycles. The number of esters is 2. The number of carbonyl (C=O) groups excluding carboxylic acids is 2. The van der Waals surface area contributed by atoms with Crippen molar-refractivity contribution in [2.45, 2.75) is 12.3 Å². The van der Waals surface area contributed by atoms with E-state index in [0.717, 1.165) is 24.3 Å². The summed E-state index contributed by atoms with van der Waals surface area (Å²) in [6.07, 6.45) is -8.24. The number of carbonyl (C=O) groups is 2. The first-order valence-electron chi connectivity index (χ1n) is 6.19. The molecule has 1 unspecified atom stereocenters. The number of benzene rings is 1. The SMILES string of the molecule is C=C(Br)C(=O)Oc1ccc(C(=O)OC(CS(=O)(=O)O)C(F)(F)F)cc1. The zero-order valence-corrected chi connectivity index (χ0v) is 14.5. The molecule has 0 amide bonds. The first-order valence-corrected chi connectivity index (χ1v) is 8.59. The van der Waals surface area contributed by atoms with Crippen molar-refractivity contribution >= 4 is 38.0 Å². The predicted octanol–water partition coefficient (Wildman–Crippen LogP) is 2.48. The van der Waals surface area contributed by atoms with Crippen LogP contribution in [0.5, 0.6) is 5.75 Å². The minimum atomic E-state index is -5.20. The average Bonchev–Trinajstić information content (AvgIpc) is 2.44. The highest BCUT2D eigenvalue weighted by molar-refractivity contribution is 9.12. The van der Waals surface area contributed by atoms with Gasteiger partial charge >= 0.3 is 18.1 Å². The van der Waals surface area contributed by atoms with Crippen LogP contribution in [-0.2, 0) is 19.6 Å². The molecule has 0 heterocycles. The maximum atomic E-state index is 12.7. The van der Waals surface area contributed by atoms with E-state index in [1.165, 1.54) is 0 Å². The predicted molar refractivity (Wildman–Crippen MR) is 81.8 cm³/mol. The molecule has 0 aliphatic rings. The third kappa shape index (κ3) is 7.23. The van der Waals surface area contributed by atoms with E-state index in [0.29, 0.717) is 0 Å². The Kier molecular flexibility index (Phi) is 6.74. The molecule has 0 spiro atoms. The largest absolute Gasteiger partial charge is 0.448 e. The Bertz CT molecular complexity index is 772. The van der Waals surface area contributed by atoms with Gasteiger partial charge in [0.15, 0.2) is 0 Å². The lowest BCUT2D eigenvalue weighted by Gasteiger charge is -2.19. The number of alkyl halides is 3. The van der Waals surface area contributed by atoms with Gasteiger partial charge in [0.05, 0.1) is 10.0 Å². The molecule has 0 saturated heterocycles. The van der Waals surface area contributed by atoms with Gasteiger partial charge in [-0.05, 0) is 40.2 Å². The number of rotatable bonds is 6. The molecule has 0 bridgehead atoms. The van der Waals surface area contributed by atoms with Crippen LogP contribution in [0, 0.1) is 0 Å². The third-order valence-corrected chi connectivity index (χ3v) is 3.55. The molecule has 1 aromatic carbocycles. The van der Waals surface area contributed by atoms with Crippen LogP contribution in [0.25, 0.3) is 0 Å². The van der Waals surface area contributed by atoms with Gasteiger partial charge in [-0.3, -0.25) is 4.55 Å². The van der Waals surface area contributed by atoms with Crippen molar-refractivity contribution in [3.05, 3.63) is 40.9 Å². The van der Waals surface area contributed by atoms with Crippen LogP contribution in [0.2, 0.25) is 0 Å². The molecule has 1 aromatic rings. The number of hydrogen-bond acceptors (Lipinski definition) is 6. The van der Waals surface area contributed by atoms with Gasteiger partial charge < -0.3 is 9.47 Å². The summed E-state index contributed by atoms with van der Waals surface area (Å²) in [4.78, 5) is 23.0. The van der Waals surface area contributed by atoms with Crippen molar-refractivity contribution in [1.29, 1.82) is 0 Å². The standard InChI is InChI=1S/C13H10BrF3O7S/c1-7(14)11(18)23-9-4-2-8(3-5-9)12(19)24-10(13(15,16)17)6-25(20,21)22/h2-5,10H,1,6H2,(H,20,21,22). The van der Waals surface area contributed by atoms with E-state index in [1.807, 2.05) is 0 Å². The second-order valence-corrected chi connectivity index (χ2v) is 6.96. The Hall–Kier alpha value is -1.92. The van der Waals surface area contributed by atoms with Crippen LogP contribution in [-0.4, -0.2) is 42.9 Å². The Balaban J connectivity index is 2.88. The van der Waals surface area contributed by atoms with E-state index >= 15 is 0 Å². The smallest absolute Gasteiger partial charge is 0.426 e. The van der Waals surface area contributed by atoms with Gasteiger partial charge in [0.25, 0.3) is 10.1 Å². The summed E-state index contributed by atoms with van der Waals surface area (Å²) < 4.78 is 76.6. The molecule has 0 saturated carbocycles. The lowest BCUT2D eigenvalue weighted by Crippen LogP contribution is -2.39. The van der Waals surface area contributed by atoms with Crippen molar-refractivity contribution < 1.29 is 45.2 Å². The minimum Gasteiger partial charge on any atom is -0.448 e. The summed E-state index contributed by atoms with van der Waals surface area (Å²) >= 11 is 2.79. The highest BCUT2D eigenvalue weighted by Crippen LogP contribution is 2.25. The number of hydrogen-bond donors (Lipinski definition) is 1. The molecule has 1 rings (SSSR count). The van der Waals surface area contributed by atoms with Crippen LogP contribution in [0.15, 0.2) is 35.3 Å². The van der Waals surface area contributed by atoms with Crippen LogP contribution in [0.4, 0.5) is 13.2 Å². The highest BCUT2D eigenvalue weighted by Gasteiger charge is 2.45. The van der Waals surface area contributed by atoms with Gasteiger partial charge in [-0.15, -0.1) is 0 Å². The van der Waals surface area contributed by atoms with Gasteiger partial charge in [-0.2, -0.15) is 21.6 Å². The minimum absolute atomic E-state index is 0.0209. The summed E-state index contributed by atoms with van der Waals surface area (Å²) in [6, 6.07) is 4.22. The summed E-state index contributed by atoms with van der Waals surface area (Å²) in [5, 5.41) is 0. The molecule has 1 N–H and O–H groups in total. The van der Waals surface area contributed by atoms with Crippen molar-refractivity contribution in [1.82, 2.24) is 0 Å². The van der Waals surface area contributed by atoms with Crippen LogP contribution < -0.4 is 4.74 Å². The highest BCUT2D eigenvalue weighted by atomic mass is 79.9. The fraction of sp³-hybridized carbons (Fsp3) is 0.231. The molecule has 0 fully saturated rings. The summed E-state index contributed by atoms with van der Waals surface area (Å²) in [5.74, 6) is -4.15. The monoisotopic (exact) mass is 446 g/mol. The summed E-state index contributed by atoms with van der Waals surface area (Å²) in [7, 11) is -5.03. The topological polar surface area (TPSA) is 107 Å². The fourth-order valence-corrected chi connectivity index (χ4v) is 2.13. The van der Waals surface area contributed by atoms with Crippen molar-refractivity contribution in [2.75, 3.05) is 5.75 Å². The molecule has 0 aromatic heterocycles. The summed E-state index contributed by atoms with van der Waals surface area (Å²) in [6.45, 7) is 3.27. The van der Waals surface area contributed by atoms with Crippen LogP contribution in [0.3, 0.4) is 0 Å². The third-order valence-electron chi connectivity index (χ3n) is 2.50. The maximum absolute atomic E-state index is 12.7. The van der Waals surface area contributed by atoms with E-state index in [1.54, 1.807) is 0 Å². The molecule has 0 aliphatic carbocycles. The first kappa shape index (κ1) is 21.1.